The van der Waals surface area contributed by atoms with E-state index in [1.54, 1.807) is 44.6 Å². The van der Waals surface area contributed by atoms with Gasteiger partial charge in [-0.05, 0) is 52.1 Å². The highest BCUT2D eigenvalue weighted by molar-refractivity contribution is 8.00. The molecule has 0 radical (unpaired) electrons. The number of nitrogens with one attached hydrogen (secondary N) is 2. The molecule has 272 valence electrons. The summed E-state index contributed by atoms with van der Waals surface area (Å²) in [4.78, 5) is 37.5. The Morgan fingerprint density at radius 2 is 1.21 bits per heavy atom. The summed E-state index contributed by atoms with van der Waals surface area (Å²) in [5, 5.41) is 14.7. The van der Waals surface area contributed by atoms with E-state index in [9.17, 15) is 19.5 Å². The molecule has 5 rings (SSSR count). The minimum Gasteiger partial charge on any atom is -0.497 e. The quantitative estimate of drug-likeness (QED) is 0.0305. The number of carboxylic acid groups (broad SMARTS) is 1. The van der Waals surface area contributed by atoms with Crippen LogP contribution in [0, 0.1) is 0 Å². The van der Waals surface area contributed by atoms with Crippen molar-refractivity contribution in [1.29, 1.82) is 0 Å². The molecule has 0 fully saturated rings. The zero-order chi connectivity index (χ0) is 37.5. The number of amides is 2. The Hall–Kier alpha value is -6.20. The third-order valence-corrected chi connectivity index (χ3v) is 9.81. The molecule has 0 aromatic heterocycles. The second-order valence-electron chi connectivity index (χ2n) is 11.6. The smallest absolute Gasteiger partial charge is 0.497 e. The van der Waals surface area contributed by atoms with Gasteiger partial charge in [0.25, 0.3) is 0 Å². The van der Waals surface area contributed by atoms with Crippen LogP contribution >= 0.6 is 11.8 Å². The Kier molecular flexibility index (Phi) is 13.5. The summed E-state index contributed by atoms with van der Waals surface area (Å²) < 4.78 is 20.3. The van der Waals surface area contributed by atoms with Gasteiger partial charge in [-0.2, -0.15) is 0 Å². The summed E-state index contributed by atoms with van der Waals surface area (Å²) in [6.45, 7) is -0.249. The molecule has 0 heterocycles. The lowest BCUT2D eigenvalue weighted by molar-refractivity contribution is -0.122. The summed E-state index contributed by atoms with van der Waals surface area (Å²) in [5.41, 5.74) is 4.68. The molecule has 0 spiro atoms. The van der Waals surface area contributed by atoms with Gasteiger partial charge in [-0.1, -0.05) is 115 Å². The molecule has 5 aromatic carbocycles. The van der Waals surface area contributed by atoms with Crippen LogP contribution < -0.4 is 24.8 Å². The monoisotopic (exact) mass is 732 g/mol. The predicted molar refractivity (Wildman–Crippen MR) is 207 cm³/mol. The molecule has 11 heteroatoms. The molecule has 0 saturated heterocycles. The van der Waals surface area contributed by atoms with E-state index in [-0.39, 0.29) is 24.7 Å². The predicted octanol–water partition coefficient (Wildman–Crippen LogP) is 7.87. The average molecular weight is 733 g/mol. The van der Waals surface area contributed by atoms with Gasteiger partial charge in [-0.15, -0.1) is 11.8 Å². The first-order valence-electron chi connectivity index (χ1n) is 16.7. The number of carbonyl (C=O) groups excluding carboxylic acids is 2. The van der Waals surface area contributed by atoms with Gasteiger partial charge in [-0.3, -0.25) is 4.79 Å². The van der Waals surface area contributed by atoms with Crippen molar-refractivity contribution in [3.05, 3.63) is 161 Å². The van der Waals surface area contributed by atoms with Crippen LogP contribution in [0.25, 0.3) is 12.2 Å². The summed E-state index contributed by atoms with van der Waals surface area (Å²) in [6.07, 6.45) is 1.53. The summed E-state index contributed by atoms with van der Waals surface area (Å²) in [6, 6.07) is 41.0. The van der Waals surface area contributed by atoms with E-state index in [2.05, 4.69) is 10.6 Å². The van der Waals surface area contributed by atoms with Crippen LogP contribution in [0.2, 0.25) is 0 Å². The Morgan fingerprint density at radius 3 is 1.70 bits per heavy atom. The fraction of sp³-hybridized carbons (Fsp3) is 0.167. The van der Waals surface area contributed by atoms with Crippen LogP contribution in [-0.2, 0) is 14.3 Å². The molecule has 1 atom stereocenters. The van der Waals surface area contributed by atoms with Gasteiger partial charge >= 0.3 is 12.2 Å². The molecule has 10 nitrogen and oxygen atoms in total. The maximum Gasteiger partial charge on any atom is 0.513 e. The van der Waals surface area contributed by atoms with Gasteiger partial charge in [0.05, 0.1) is 25.5 Å². The number of rotatable bonds is 16. The Morgan fingerprint density at radius 1 is 0.698 bits per heavy atom. The Labute approximate surface area is 312 Å². The molecule has 1 unspecified atom stereocenters. The number of thioether (sulfide) groups is 1. The minimum absolute atomic E-state index is 0.0591. The summed E-state index contributed by atoms with van der Waals surface area (Å²) in [5.74, 6) is 1.17. The fourth-order valence-electron chi connectivity index (χ4n) is 5.63. The highest BCUT2D eigenvalue weighted by Crippen LogP contribution is 2.48. The second-order valence-corrected chi connectivity index (χ2v) is 12.9. The second kappa shape index (κ2) is 18.9. The highest BCUT2D eigenvalue weighted by atomic mass is 32.2. The summed E-state index contributed by atoms with van der Waals surface area (Å²) >= 11 is 1.45. The topological polar surface area (TPSA) is 132 Å². The first-order valence-corrected chi connectivity index (χ1v) is 17.7. The number of hydrogen-bond acceptors (Lipinski definition) is 8. The van der Waals surface area contributed by atoms with Gasteiger partial charge in [0.15, 0.2) is 0 Å². The van der Waals surface area contributed by atoms with Crippen LogP contribution in [0.5, 0.6) is 17.2 Å². The molecule has 0 saturated carbocycles. The maximum absolute atomic E-state index is 13.3. The van der Waals surface area contributed by atoms with Crippen molar-refractivity contribution in [2.45, 2.75) is 10.8 Å². The highest BCUT2D eigenvalue weighted by Gasteiger charge is 2.38. The third-order valence-electron chi connectivity index (χ3n) is 8.17. The molecule has 53 heavy (non-hydrogen) atoms. The SMILES string of the molecule is COc1cc(C=Cc2ccc(OC(=O)OCCNC(=O)C(CSC(c3ccccc3)(c3ccccc3)c3ccccc3)NC(=O)O)cc2)cc(OC)c1. The molecular formula is C42H40N2O8S. The molecule has 5 aromatic rings. The van der Waals surface area contributed by atoms with Gasteiger partial charge in [0.2, 0.25) is 5.91 Å². The van der Waals surface area contributed by atoms with Crippen molar-refractivity contribution in [2.75, 3.05) is 33.1 Å². The number of carbonyl (C=O) groups is 3. The lowest BCUT2D eigenvalue weighted by Gasteiger charge is -2.36. The van der Waals surface area contributed by atoms with Crippen LogP contribution in [0.15, 0.2) is 133 Å². The number of ether oxygens (including phenoxy) is 4. The largest absolute Gasteiger partial charge is 0.513 e. The van der Waals surface area contributed by atoms with E-state index in [0.717, 1.165) is 27.8 Å². The van der Waals surface area contributed by atoms with Crippen molar-refractivity contribution in [3.63, 3.8) is 0 Å². The molecule has 3 N–H and O–H groups in total. The van der Waals surface area contributed by atoms with Crippen LogP contribution in [0.3, 0.4) is 0 Å². The van der Waals surface area contributed by atoms with E-state index < -0.39 is 28.9 Å². The van der Waals surface area contributed by atoms with Gasteiger partial charge in [0, 0.05) is 11.8 Å². The van der Waals surface area contributed by atoms with E-state index in [4.69, 9.17) is 18.9 Å². The van der Waals surface area contributed by atoms with E-state index in [0.29, 0.717) is 11.5 Å². The number of benzene rings is 5. The van der Waals surface area contributed by atoms with Crippen molar-refractivity contribution in [3.8, 4) is 17.2 Å². The molecule has 0 aliphatic heterocycles. The Bertz CT molecular complexity index is 1850. The lowest BCUT2D eigenvalue weighted by atomic mass is 9.84. The van der Waals surface area contributed by atoms with Crippen molar-refractivity contribution in [2.24, 2.45) is 0 Å². The maximum atomic E-state index is 13.3. The van der Waals surface area contributed by atoms with Crippen LogP contribution in [0.4, 0.5) is 9.59 Å². The first kappa shape index (κ1) is 38.0. The normalized spacial score (nSPS) is 11.7. The van der Waals surface area contributed by atoms with E-state index in [1.165, 1.54) is 11.8 Å². The van der Waals surface area contributed by atoms with Gasteiger partial charge in [-0.25, -0.2) is 9.59 Å². The number of methoxy groups -OCH3 is 2. The van der Waals surface area contributed by atoms with Crippen molar-refractivity contribution >= 4 is 42.1 Å². The molecule has 0 bridgehead atoms. The van der Waals surface area contributed by atoms with Crippen LogP contribution in [-0.4, -0.2) is 62.4 Å². The standard InChI is InChI=1S/C42H40N2O8S/c1-49-36-26-31(27-37(28-36)50-2)19-18-30-20-22-35(23-21-30)52-41(48)51-25-24-43-39(45)38(44-40(46)47)29-53-42(32-12-6-3-7-13-32,33-14-8-4-9-15-33)34-16-10-5-11-17-34/h3-23,26-28,38,44H,24-25,29H2,1-2H3,(H,43,45)(H,46,47). The van der Waals surface area contributed by atoms with Gasteiger partial charge in [0.1, 0.15) is 29.9 Å². The lowest BCUT2D eigenvalue weighted by Crippen LogP contribution is -2.49. The zero-order valence-electron chi connectivity index (χ0n) is 29.3. The van der Waals surface area contributed by atoms with Crippen molar-refractivity contribution < 1.29 is 38.4 Å². The van der Waals surface area contributed by atoms with E-state index >= 15 is 0 Å². The van der Waals surface area contributed by atoms with E-state index in [1.807, 2.05) is 115 Å². The fourth-order valence-corrected chi connectivity index (χ4v) is 7.19. The summed E-state index contributed by atoms with van der Waals surface area (Å²) in [7, 11) is 3.18. The zero-order valence-corrected chi connectivity index (χ0v) is 30.1. The minimum atomic E-state index is -1.34. The Balaban J connectivity index is 1.17. The molecule has 0 aliphatic carbocycles. The van der Waals surface area contributed by atoms with Crippen LogP contribution in [0.1, 0.15) is 27.8 Å². The molecular weight excluding hydrogens is 693 g/mol. The third kappa shape index (κ3) is 10.4. The molecule has 0 aliphatic rings. The first-order chi connectivity index (χ1) is 25.8. The van der Waals surface area contributed by atoms with Gasteiger partial charge < -0.3 is 34.7 Å². The van der Waals surface area contributed by atoms with Crippen molar-refractivity contribution in [1.82, 2.24) is 10.6 Å². The average Bonchev–Trinajstić information content (AvgIpc) is 3.20. The number of hydrogen-bond donors (Lipinski definition) is 3. The molecule has 2 amide bonds.